The van der Waals surface area contributed by atoms with Crippen LogP contribution in [0.2, 0.25) is 0 Å². The molecule has 0 radical (unpaired) electrons. The van der Waals surface area contributed by atoms with Crippen molar-refractivity contribution < 1.29 is 14.3 Å². The van der Waals surface area contributed by atoms with Gasteiger partial charge in [0.15, 0.2) is 6.10 Å². The van der Waals surface area contributed by atoms with Gasteiger partial charge in [-0.2, -0.15) is 0 Å². The number of aryl methyl sites for hydroxylation is 1. The molecule has 1 N–H and O–H groups in total. The number of benzene rings is 2. The first-order valence-corrected chi connectivity index (χ1v) is 7.76. The van der Waals surface area contributed by atoms with Gasteiger partial charge in [0.1, 0.15) is 18.1 Å². The fourth-order valence-electron chi connectivity index (χ4n) is 2.10. The standard InChI is InChI=1S/C19H23NO3/c1-14-8-7-11-18(15(14)2)23-16(3)19(21)20-12-13-22-17-9-5-4-6-10-17/h4-11,16H,12-13H2,1-3H3,(H,20,21)/t16-/m1/s1. The van der Waals surface area contributed by atoms with E-state index in [1.165, 1.54) is 0 Å². The second-order valence-corrected chi connectivity index (χ2v) is 5.41. The Kier molecular flexibility index (Phi) is 6.03. The predicted octanol–water partition coefficient (Wildman–Crippen LogP) is 3.27. The summed E-state index contributed by atoms with van der Waals surface area (Å²) in [5, 5.41) is 2.82. The van der Waals surface area contributed by atoms with E-state index in [1.807, 2.05) is 62.4 Å². The Labute approximate surface area is 137 Å². The summed E-state index contributed by atoms with van der Waals surface area (Å²) in [4.78, 5) is 12.1. The molecule has 2 aromatic rings. The van der Waals surface area contributed by atoms with Crippen molar-refractivity contribution in [1.29, 1.82) is 0 Å². The van der Waals surface area contributed by atoms with Crippen LogP contribution in [0, 0.1) is 13.8 Å². The molecule has 4 nitrogen and oxygen atoms in total. The van der Waals surface area contributed by atoms with E-state index >= 15 is 0 Å². The summed E-state index contributed by atoms with van der Waals surface area (Å²) in [6.07, 6.45) is -0.549. The molecule has 0 bridgehead atoms. The van der Waals surface area contributed by atoms with Crippen molar-refractivity contribution in [3.8, 4) is 11.5 Å². The van der Waals surface area contributed by atoms with Crippen LogP contribution in [0.15, 0.2) is 48.5 Å². The van der Waals surface area contributed by atoms with Crippen molar-refractivity contribution in [2.45, 2.75) is 26.9 Å². The number of para-hydroxylation sites is 1. The van der Waals surface area contributed by atoms with Crippen LogP contribution in [0.3, 0.4) is 0 Å². The summed E-state index contributed by atoms with van der Waals surface area (Å²) >= 11 is 0. The molecule has 0 unspecified atom stereocenters. The van der Waals surface area contributed by atoms with Gasteiger partial charge in [0.05, 0.1) is 6.54 Å². The van der Waals surface area contributed by atoms with E-state index in [4.69, 9.17) is 9.47 Å². The third kappa shape index (κ3) is 5.02. The lowest BCUT2D eigenvalue weighted by atomic mass is 10.1. The lowest BCUT2D eigenvalue weighted by Crippen LogP contribution is -2.38. The molecule has 0 aliphatic rings. The maximum absolute atomic E-state index is 12.1. The molecule has 0 heterocycles. The summed E-state index contributed by atoms with van der Waals surface area (Å²) < 4.78 is 11.3. The van der Waals surface area contributed by atoms with Gasteiger partial charge in [-0.3, -0.25) is 4.79 Å². The number of ether oxygens (including phenoxy) is 2. The molecule has 2 rings (SSSR count). The van der Waals surface area contributed by atoms with Crippen LogP contribution in [0.1, 0.15) is 18.1 Å². The van der Waals surface area contributed by atoms with Gasteiger partial charge in [0.2, 0.25) is 0 Å². The zero-order valence-electron chi connectivity index (χ0n) is 13.8. The van der Waals surface area contributed by atoms with E-state index in [2.05, 4.69) is 5.32 Å². The van der Waals surface area contributed by atoms with Crippen molar-refractivity contribution in [2.75, 3.05) is 13.2 Å². The highest BCUT2D eigenvalue weighted by atomic mass is 16.5. The zero-order valence-corrected chi connectivity index (χ0v) is 13.8. The van der Waals surface area contributed by atoms with E-state index < -0.39 is 6.10 Å². The third-order valence-electron chi connectivity index (χ3n) is 3.64. The fraction of sp³-hybridized carbons (Fsp3) is 0.316. The SMILES string of the molecule is Cc1cccc(O[C@H](C)C(=O)NCCOc2ccccc2)c1C. The Morgan fingerprint density at radius 1 is 1.09 bits per heavy atom. The van der Waals surface area contributed by atoms with Crippen molar-refractivity contribution in [2.24, 2.45) is 0 Å². The average Bonchev–Trinajstić information content (AvgIpc) is 2.56. The van der Waals surface area contributed by atoms with Gasteiger partial charge in [-0.1, -0.05) is 30.3 Å². The molecule has 0 fully saturated rings. The number of hydrogen-bond acceptors (Lipinski definition) is 3. The highest BCUT2D eigenvalue weighted by molar-refractivity contribution is 5.80. The Morgan fingerprint density at radius 3 is 2.57 bits per heavy atom. The van der Waals surface area contributed by atoms with Crippen LogP contribution in [0.4, 0.5) is 0 Å². The zero-order chi connectivity index (χ0) is 16.7. The van der Waals surface area contributed by atoms with Crippen molar-refractivity contribution in [1.82, 2.24) is 5.32 Å². The number of nitrogens with one attached hydrogen (secondary N) is 1. The summed E-state index contributed by atoms with van der Waals surface area (Å²) in [7, 11) is 0. The first-order chi connectivity index (χ1) is 11.1. The van der Waals surface area contributed by atoms with E-state index in [-0.39, 0.29) is 5.91 Å². The fourth-order valence-corrected chi connectivity index (χ4v) is 2.10. The molecule has 1 amide bonds. The second kappa shape index (κ2) is 8.22. The van der Waals surface area contributed by atoms with E-state index in [9.17, 15) is 4.79 Å². The van der Waals surface area contributed by atoms with E-state index in [1.54, 1.807) is 6.92 Å². The second-order valence-electron chi connectivity index (χ2n) is 5.41. The van der Waals surface area contributed by atoms with Gasteiger partial charge < -0.3 is 14.8 Å². The average molecular weight is 313 g/mol. The Hall–Kier alpha value is -2.49. The number of amides is 1. The van der Waals surface area contributed by atoms with Crippen LogP contribution in [0.5, 0.6) is 11.5 Å². The molecule has 0 spiro atoms. The first kappa shape index (κ1) is 16.9. The quantitative estimate of drug-likeness (QED) is 0.798. The monoisotopic (exact) mass is 313 g/mol. The largest absolute Gasteiger partial charge is 0.492 e. The van der Waals surface area contributed by atoms with Crippen molar-refractivity contribution in [3.63, 3.8) is 0 Å². The number of rotatable bonds is 7. The lowest BCUT2D eigenvalue weighted by molar-refractivity contribution is -0.127. The van der Waals surface area contributed by atoms with E-state index in [0.717, 1.165) is 22.6 Å². The van der Waals surface area contributed by atoms with Gasteiger partial charge >= 0.3 is 0 Å². The predicted molar refractivity (Wildman–Crippen MR) is 91.0 cm³/mol. The highest BCUT2D eigenvalue weighted by Crippen LogP contribution is 2.21. The summed E-state index contributed by atoms with van der Waals surface area (Å²) in [6.45, 7) is 6.62. The minimum Gasteiger partial charge on any atom is -0.492 e. The smallest absolute Gasteiger partial charge is 0.260 e. The topological polar surface area (TPSA) is 47.6 Å². The van der Waals surface area contributed by atoms with Crippen LogP contribution in [-0.2, 0) is 4.79 Å². The summed E-state index contributed by atoms with van der Waals surface area (Å²) in [6, 6.07) is 15.3. The van der Waals surface area contributed by atoms with Gasteiger partial charge in [-0.05, 0) is 50.1 Å². The molecule has 23 heavy (non-hydrogen) atoms. The number of hydrogen-bond donors (Lipinski definition) is 1. The molecule has 122 valence electrons. The molecule has 4 heteroatoms. The molecule has 1 atom stereocenters. The van der Waals surface area contributed by atoms with E-state index in [0.29, 0.717) is 13.2 Å². The molecular weight excluding hydrogens is 290 g/mol. The van der Waals surface area contributed by atoms with Crippen LogP contribution >= 0.6 is 0 Å². The molecule has 0 aromatic heterocycles. The maximum atomic E-state index is 12.1. The first-order valence-electron chi connectivity index (χ1n) is 7.76. The molecule has 0 aliphatic heterocycles. The molecule has 0 aliphatic carbocycles. The minimum atomic E-state index is -0.549. The van der Waals surface area contributed by atoms with Crippen LogP contribution in [-0.4, -0.2) is 25.2 Å². The summed E-state index contributed by atoms with van der Waals surface area (Å²) in [5.74, 6) is 1.39. The molecule has 2 aromatic carbocycles. The van der Waals surface area contributed by atoms with Crippen molar-refractivity contribution in [3.05, 3.63) is 59.7 Å². The maximum Gasteiger partial charge on any atom is 0.260 e. The van der Waals surface area contributed by atoms with Gasteiger partial charge in [0.25, 0.3) is 5.91 Å². The Bertz CT molecular complexity index is 640. The Balaban J connectivity index is 1.75. The molecular formula is C19H23NO3. The molecule has 0 saturated heterocycles. The summed E-state index contributed by atoms with van der Waals surface area (Å²) in [5.41, 5.74) is 2.20. The van der Waals surface area contributed by atoms with Crippen molar-refractivity contribution >= 4 is 5.91 Å². The van der Waals surface area contributed by atoms with Gasteiger partial charge in [-0.15, -0.1) is 0 Å². The Morgan fingerprint density at radius 2 is 1.83 bits per heavy atom. The highest BCUT2D eigenvalue weighted by Gasteiger charge is 2.15. The van der Waals surface area contributed by atoms with Gasteiger partial charge in [-0.25, -0.2) is 0 Å². The third-order valence-corrected chi connectivity index (χ3v) is 3.64. The normalized spacial score (nSPS) is 11.6. The number of carbonyl (C=O) groups excluding carboxylic acids is 1. The van der Waals surface area contributed by atoms with Gasteiger partial charge in [0, 0.05) is 0 Å². The van der Waals surface area contributed by atoms with Crippen LogP contribution in [0.25, 0.3) is 0 Å². The lowest BCUT2D eigenvalue weighted by Gasteiger charge is -2.17. The number of carbonyl (C=O) groups is 1. The van der Waals surface area contributed by atoms with Crippen LogP contribution < -0.4 is 14.8 Å². The molecule has 0 saturated carbocycles. The minimum absolute atomic E-state index is 0.150.